The summed E-state index contributed by atoms with van der Waals surface area (Å²) < 4.78 is 0. The number of rotatable bonds is 1. The largest absolute Gasteiger partial charge is 0.338 e. The Morgan fingerprint density at radius 3 is 2.79 bits per heavy atom. The van der Waals surface area contributed by atoms with Crippen LogP contribution in [-0.2, 0) is 0 Å². The van der Waals surface area contributed by atoms with Gasteiger partial charge in [-0.2, -0.15) is 0 Å². The van der Waals surface area contributed by atoms with Gasteiger partial charge in [-0.1, -0.05) is 0 Å². The van der Waals surface area contributed by atoms with Gasteiger partial charge in [0.25, 0.3) is 0 Å². The molecule has 0 aromatic rings. The highest BCUT2D eigenvalue weighted by molar-refractivity contribution is 5.75. The zero-order chi connectivity index (χ0) is 10.2. The first kappa shape index (κ1) is 9.77. The van der Waals surface area contributed by atoms with E-state index in [0.29, 0.717) is 6.04 Å². The number of nitrogens with one attached hydrogen (secondary N) is 2. The first-order valence-electron chi connectivity index (χ1n) is 5.41. The van der Waals surface area contributed by atoms with Gasteiger partial charge in [0, 0.05) is 18.6 Å². The Bertz CT molecular complexity index is 240. The maximum absolute atomic E-state index is 11.7. The Morgan fingerprint density at radius 2 is 2.21 bits per heavy atom. The van der Waals surface area contributed by atoms with Crippen molar-refractivity contribution in [2.45, 2.75) is 38.3 Å². The van der Waals surface area contributed by atoms with Crippen molar-refractivity contribution in [1.82, 2.24) is 15.5 Å². The lowest BCUT2D eigenvalue weighted by atomic mass is 9.95. The van der Waals surface area contributed by atoms with Crippen molar-refractivity contribution in [3.05, 3.63) is 0 Å². The van der Waals surface area contributed by atoms with Crippen LogP contribution in [0.25, 0.3) is 0 Å². The van der Waals surface area contributed by atoms with E-state index in [1.54, 1.807) is 0 Å². The van der Waals surface area contributed by atoms with Gasteiger partial charge in [-0.3, -0.25) is 0 Å². The summed E-state index contributed by atoms with van der Waals surface area (Å²) in [6, 6.07) is 0.459. The van der Waals surface area contributed by atoms with Crippen LogP contribution in [0.1, 0.15) is 26.7 Å². The number of carbonyl (C=O) groups is 1. The standard InChI is InChI=1S/C10H19N3O/c1-10(2)8(4-6-12-10)13-7-3-5-11-9(13)14/h8,12H,3-7H2,1-2H3,(H,11,14). The highest BCUT2D eigenvalue weighted by atomic mass is 16.2. The molecule has 1 unspecified atom stereocenters. The Labute approximate surface area is 85.0 Å². The van der Waals surface area contributed by atoms with Gasteiger partial charge >= 0.3 is 6.03 Å². The van der Waals surface area contributed by atoms with Gasteiger partial charge in [-0.15, -0.1) is 0 Å². The molecule has 0 aromatic carbocycles. The topological polar surface area (TPSA) is 44.4 Å². The molecule has 2 aliphatic heterocycles. The average Bonchev–Trinajstić information content (AvgIpc) is 2.46. The summed E-state index contributed by atoms with van der Waals surface area (Å²) in [6.07, 6.45) is 2.14. The molecule has 0 saturated carbocycles. The Kier molecular flexibility index (Phi) is 2.39. The Hall–Kier alpha value is -0.770. The molecule has 2 rings (SSSR count). The maximum atomic E-state index is 11.7. The van der Waals surface area contributed by atoms with Crippen molar-refractivity contribution in [3.63, 3.8) is 0 Å². The highest BCUT2D eigenvalue weighted by Crippen LogP contribution is 2.25. The SMILES string of the molecule is CC1(C)NCCC1N1CCCNC1=O. The second-order valence-corrected chi connectivity index (χ2v) is 4.73. The van der Waals surface area contributed by atoms with E-state index in [0.717, 1.165) is 32.5 Å². The molecule has 0 spiro atoms. The molecular formula is C10H19N3O. The third-order valence-electron chi connectivity index (χ3n) is 3.32. The lowest BCUT2D eigenvalue weighted by Gasteiger charge is -2.39. The molecule has 4 heteroatoms. The van der Waals surface area contributed by atoms with E-state index < -0.39 is 0 Å². The third kappa shape index (κ3) is 1.59. The van der Waals surface area contributed by atoms with Crippen LogP contribution >= 0.6 is 0 Å². The smallest absolute Gasteiger partial charge is 0.317 e. The van der Waals surface area contributed by atoms with Gasteiger partial charge in [-0.05, 0) is 33.2 Å². The summed E-state index contributed by atoms with van der Waals surface area (Å²) in [6.45, 7) is 7.10. The van der Waals surface area contributed by atoms with E-state index in [9.17, 15) is 4.79 Å². The predicted octanol–water partition coefficient (Wildman–Crippen LogP) is 0.542. The summed E-state index contributed by atoms with van der Waals surface area (Å²) in [5.74, 6) is 0. The van der Waals surface area contributed by atoms with Gasteiger partial charge in [-0.25, -0.2) is 4.79 Å². The van der Waals surface area contributed by atoms with Crippen LogP contribution in [0.4, 0.5) is 4.79 Å². The summed E-state index contributed by atoms with van der Waals surface area (Å²) in [5.41, 5.74) is 0.0642. The number of hydrogen-bond donors (Lipinski definition) is 2. The molecular weight excluding hydrogens is 178 g/mol. The number of amides is 2. The molecule has 2 fully saturated rings. The zero-order valence-corrected chi connectivity index (χ0v) is 8.97. The summed E-state index contributed by atoms with van der Waals surface area (Å²) >= 11 is 0. The molecule has 0 radical (unpaired) electrons. The highest BCUT2D eigenvalue weighted by Gasteiger charge is 2.40. The van der Waals surface area contributed by atoms with Crippen molar-refractivity contribution in [1.29, 1.82) is 0 Å². The normalized spacial score (nSPS) is 31.7. The van der Waals surface area contributed by atoms with Crippen LogP contribution in [0.3, 0.4) is 0 Å². The van der Waals surface area contributed by atoms with Gasteiger partial charge in [0.1, 0.15) is 0 Å². The average molecular weight is 197 g/mol. The van der Waals surface area contributed by atoms with Crippen molar-refractivity contribution in [2.24, 2.45) is 0 Å². The van der Waals surface area contributed by atoms with E-state index in [1.807, 2.05) is 4.90 Å². The molecule has 1 atom stereocenters. The molecule has 0 aliphatic carbocycles. The van der Waals surface area contributed by atoms with E-state index in [1.165, 1.54) is 0 Å². The fourth-order valence-corrected chi connectivity index (χ4v) is 2.50. The molecule has 2 amide bonds. The minimum atomic E-state index is 0.0642. The molecule has 2 aliphatic rings. The summed E-state index contributed by atoms with van der Waals surface area (Å²) in [7, 11) is 0. The van der Waals surface area contributed by atoms with E-state index in [4.69, 9.17) is 0 Å². The van der Waals surface area contributed by atoms with Crippen molar-refractivity contribution >= 4 is 6.03 Å². The molecule has 2 saturated heterocycles. The van der Waals surface area contributed by atoms with Crippen LogP contribution < -0.4 is 10.6 Å². The molecule has 2 heterocycles. The molecule has 2 N–H and O–H groups in total. The zero-order valence-electron chi connectivity index (χ0n) is 8.97. The monoisotopic (exact) mass is 197 g/mol. The number of carbonyl (C=O) groups excluding carboxylic acids is 1. The molecule has 0 aromatic heterocycles. The van der Waals surface area contributed by atoms with Gasteiger partial charge in [0.2, 0.25) is 0 Å². The van der Waals surface area contributed by atoms with Crippen LogP contribution in [0.15, 0.2) is 0 Å². The second-order valence-electron chi connectivity index (χ2n) is 4.73. The lowest BCUT2D eigenvalue weighted by Crippen LogP contribution is -2.58. The quantitative estimate of drug-likeness (QED) is 0.644. The van der Waals surface area contributed by atoms with Crippen LogP contribution in [-0.4, -0.2) is 42.1 Å². The maximum Gasteiger partial charge on any atom is 0.317 e. The van der Waals surface area contributed by atoms with Gasteiger partial charge < -0.3 is 15.5 Å². The number of nitrogens with zero attached hydrogens (tertiary/aromatic N) is 1. The Balaban J connectivity index is 2.09. The van der Waals surface area contributed by atoms with Crippen molar-refractivity contribution in [3.8, 4) is 0 Å². The molecule has 14 heavy (non-hydrogen) atoms. The van der Waals surface area contributed by atoms with E-state index >= 15 is 0 Å². The Morgan fingerprint density at radius 1 is 1.43 bits per heavy atom. The minimum Gasteiger partial charge on any atom is -0.338 e. The van der Waals surface area contributed by atoms with Crippen molar-refractivity contribution in [2.75, 3.05) is 19.6 Å². The predicted molar refractivity (Wildman–Crippen MR) is 55.2 cm³/mol. The number of hydrogen-bond acceptors (Lipinski definition) is 2. The molecule has 4 nitrogen and oxygen atoms in total. The molecule has 0 bridgehead atoms. The van der Waals surface area contributed by atoms with Crippen LogP contribution in [0.5, 0.6) is 0 Å². The lowest BCUT2D eigenvalue weighted by molar-refractivity contribution is 0.137. The van der Waals surface area contributed by atoms with Crippen LogP contribution in [0.2, 0.25) is 0 Å². The molecule has 80 valence electrons. The first-order valence-corrected chi connectivity index (χ1v) is 5.41. The number of urea groups is 1. The van der Waals surface area contributed by atoms with Crippen LogP contribution in [0, 0.1) is 0 Å². The van der Waals surface area contributed by atoms with Gasteiger partial charge in [0.15, 0.2) is 0 Å². The fourth-order valence-electron chi connectivity index (χ4n) is 2.50. The van der Waals surface area contributed by atoms with E-state index in [2.05, 4.69) is 24.5 Å². The third-order valence-corrected chi connectivity index (χ3v) is 3.32. The summed E-state index contributed by atoms with van der Waals surface area (Å²) in [4.78, 5) is 13.6. The second kappa shape index (κ2) is 3.42. The minimum absolute atomic E-state index is 0.0642. The van der Waals surface area contributed by atoms with Crippen molar-refractivity contribution < 1.29 is 4.79 Å². The fraction of sp³-hybridized carbons (Fsp3) is 0.900. The first-order chi connectivity index (χ1) is 6.61. The van der Waals surface area contributed by atoms with E-state index in [-0.39, 0.29) is 11.6 Å². The summed E-state index contributed by atoms with van der Waals surface area (Å²) in [5, 5.41) is 6.35. The van der Waals surface area contributed by atoms with Gasteiger partial charge in [0.05, 0.1) is 6.04 Å².